The second-order valence-electron chi connectivity index (χ2n) is 4.16. The van der Waals surface area contributed by atoms with Gasteiger partial charge >= 0.3 is 5.69 Å². The molecule has 1 aromatic heterocycles. The van der Waals surface area contributed by atoms with Gasteiger partial charge in [-0.25, -0.2) is 9.18 Å². The Bertz CT molecular complexity index is 554. The average Bonchev–Trinajstić information content (AvgIpc) is 2.61. The number of aliphatic hydroxyl groups is 2. The van der Waals surface area contributed by atoms with E-state index in [4.69, 9.17) is 9.84 Å². The summed E-state index contributed by atoms with van der Waals surface area (Å²) < 4.78 is 19.7. The summed E-state index contributed by atoms with van der Waals surface area (Å²) in [6.45, 7) is 0.895. The van der Waals surface area contributed by atoms with Gasteiger partial charge in [0.05, 0.1) is 6.61 Å². The van der Waals surface area contributed by atoms with E-state index in [1.54, 1.807) is 0 Å². The van der Waals surface area contributed by atoms with Crippen LogP contribution in [0, 0.1) is 6.92 Å². The molecule has 0 saturated carbocycles. The molecule has 0 bridgehead atoms. The maximum atomic E-state index is 13.8. The van der Waals surface area contributed by atoms with Gasteiger partial charge in [-0.2, -0.15) is 0 Å². The number of aromatic amines is 1. The van der Waals surface area contributed by atoms with Crippen LogP contribution in [0.4, 0.5) is 4.39 Å². The maximum Gasteiger partial charge on any atom is 0.330 e. The van der Waals surface area contributed by atoms with Gasteiger partial charge in [-0.3, -0.25) is 14.3 Å². The minimum absolute atomic E-state index is 0.215. The molecular formula is C10H13FN2O5. The number of aromatic nitrogens is 2. The fourth-order valence-electron chi connectivity index (χ4n) is 1.85. The number of ether oxygens (including phenoxy) is 1. The van der Waals surface area contributed by atoms with E-state index in [2.05, 4.69) is 0 Å². The van der Waals surface area contributed by atoms with Crippen molar-refractivity contribution in [1.82, 2.24) is 9.55 Å². The van der Waals surface area contributed by atoms with Crippen LogP contribution in [0.1, 0.15) is 11.8 Å². The quantitative estimate of drug-likeness (QED) is 0.596. The van der Waals surface area contributed by atoms with Crippen LogP contribution in [0.3, 0.4) is 0 Å². The highest BCUT2D eigenvalue weighted by atomic mass is 19.1. The molecule has 18 heavy (non-hydrogen) atoms. The Morgan fingerprint density at radius 3 is 2.78 bits per heavy atom. The zero-order valence-corrected chi connectivity index (χ0v) is 9.54. The Balaban J connectivity index is 2.42. The van der Waals surface area contributed by atoms with Gasteiger partial charge in [-0.15, -0.1) is 0 Å². The first-order valence-electron chi connectivity index (χ1n) is 5.36. The van der Waals surface area contributed by atoms with E-state index in [9.17, 15) is 19.1 Å². The van der Waals surface area contributed by atoms with Gasteiger partial charge in [-0.1, -0.05) is 0 Å². The number of hydrogen-bond donors (Lipinski definition) is 3. The predicted octanol–water partition coefficient (Wildman–Crippen LogP) is -1.57. The summed E-state index contributed by atoms with van der Waals surface area (Å²) in [7, 11) is 0. The number of aryl methyl sites for hydroxylation is 1. The molecule has 7 nitrogen and oxygen atoms in total. The van der Waals surface area contributed by atoms with Crippen LogP contribution >= 0.6 is 0 Å². The molecule has 8 heteroatoms. The van der Waals surface area contributed by atoms with Crippen molar-refractivity contribution in [3.05, 3.63) is 32.6 Å². The summed E-state index contributed by atoms with van der Waals surface area (Å²) >= 11 is 0. The van der Waals surface area contributed by atoms with Crippen LogP contribution in [0.2, 0.25) is 0 Å². The summed E-state index contributed by atoms with van der Waals surface area (Å²) in [5, 5.41) is 18.3. The number of nitrogens with one attached hydrogen (secondary N) is 1. The van der Waals surface area contributed by atoms with Crippen LogP contribution in [0.5, 0.6) is 0 Å². The summed E-state index contributed by atoms with van der Waals surface area (Å²) in [6, 6.07) is 0. The van der Waals surface area contributed by atoms with E-state index < -0.39 is 42.5 Å². The van der Waals surface area contributed by atoms with E-state index in [0.29, 0.717) is 0 Å². The van der Waals surface area contributed by atoms with Gasteiger partial charge in [0.1, 0.15) is 12.2 Å². The van der Waals surface area contributed by atoms with Crippen molar-refractivity contribution in [3.8, 4) is 0 Å². The van der Waals surface area contributed by atoms with Crippen molar-refractivity contribution >= 4 is 0 Å². The smallest absolute Gasteiger partial charge is 0.330 e. The summed E-state index contributed by atoms with van der Waals surface area (Å²) in [4.78, 5) is 24.7. The fourth-order valence-corrected chi connectivity index (χ4v) is 1.85. The second kappa shape index (κ2) is 4.63. The molecule has 0 radical (unpaired) electrons. The lowest BCUT2D eigenvalue weighted by Gasteiger charge is -2.15. The number of alkyl halides is 1. The van der Waals surface area contributed by atoms with E-state index in [1.165, 1.54) is 6.92 Å². The van der Waals surface area contributed by atoms with Crippen molar-refractivity contribution < 1.29 is 19.3 Å². The minimum Gasteiger partial charge on any atom is -0.394 e. The maximum absolute atomic E-state index is 13.8. The van der Waals surface area contributed by atoms with E-state index in [-0.39, 0.29) is 5.56 Å². The summed E-state index contributed by atoms with van der Waals surface area (Å²) in [5.41, 5.74) is -1.18. The van der Waals surface area contributed by atoms with Crippen LogP contribution in [0.25, 0.3) is 0 Å². The minimum atomic E-state index is -1.86. The third-order valence-electron chi connectivity index (χ3n) is 2.89. The van der Waals surface area contributed by atoms with Crippen LogP contribution < -0.4 is 11.2 Å². The lowest BCUT2D eigenvalue weighted by Crippen LogP contribution is -2.36. The Labute approximate surface area is 100 Å². The first-order valence-corrected chi connectivity index (χ1v) is 5.36. The number of halogens is 1. The molecule has 0 aromatic carbocycles. The molecule has 1 aromatic rings. The van der Waals surface area contributed by atoms with Crippen molar-refractivity contribution in [3.63, 3.8) is 0 Å². The van der Waals surface area contributed by atoms with Crippen LogP contribution in [-0.2, 0) is 4.74 Å². The number of H-pyrrole nitrogens is 1. The predicted molar refractivity (Wildman–Crippen MR) is 58.0 cm³/mol. The Kier molecular flexibility index (Phi) is 3.33. The molecule has 1 saturated heterocycles. The fraction of sp³-hybridized carbons (Fsp3) is 0.600. The highest BCUT2D eigenvalue weighted by Gasteiger charge is 2.45. The topological polar surface area (TPSA) is 105 Å². The van der Waals surface area contributed by atoms with Crippen LogP contribution in [-0.4, -0.2) is 44.8 Å². The van der Waals surface area contributed by atoms with E-state index in [0.717, 1.165) is 10.8 Å². The highest BCUT2D eigenvalue weighted by molar-refractivity contribution is 5.03. The van der Waals surface area contributed by atoms with Crippen molar-refractivity contribution in [2.45, 2.75) is 31.5 Å². The molecule has 2 heterocycles. The number of aliphatic hydroxyl groups excluding tert-OH is 2. The van der Waals surface area contributed by atoms with Gasteiger partial charge in [0.25, 0.3) is 5.56 Å². The van der Waals surface area contributed by atoms with Crippen LogP contribution in [0.15, 0.2) is 15.8 Å². The standard InChI is InChI=1S/C10H13FN2O5/c1-4-2-13(10(17)12-8(4)16)9-6(11)7(15)5(3-14)18-9/h2,5-7,9,14-15H,3H2,1H3,(H,12,16,17)/t5-,6?,7?,9-/m1/s1. The van der Waals surface area contributed by atoms with E-state index in [1.807, 2.05) is 4.98 Å². The second-order valence-corrected chi connectivity index (χ2v) is 4.16. The number of rotatable bonds is 2. The molecule has 4 atom stereocenters. The SMILES string of the molecule is Cc1cn([C@@H]2O[C@H](CO)C(O)C2F)c(=O)[nH]c1=O. The average molecular weight is 260 g/mol. The first kappa shape index (κ1) is 12.9. The van der Waals surface area contributed by atoms with Gasteiger partial charge in [0.2, 0.25) is 0 Å². The van der Waals surface area contributed by atoms with Crippen molar-refractivity contribution in [1.29, 1.82) is 0 Å². The Morgan fingerprint density at radius 1 is 1.56 bits per heavy atom. The monoisotopic (exact) mass is 260 g/mol. The summed E-state index contributed by atoms with van der Waals surface area (Å²) in [6.07, 6.45) is -4.67. The third kappa shape index (κ3) is 1.98. The van der Waals surface area contributed by atoms with Gasteiger partial charge < -0.3 is 14.9 Å². The summed E-state index contributed by atoms with van der Waals surface area (Å²) in [5.74, 6) is 0. The normalized spacial score (nSPS) is 31.8. The molecule has 100 valence electrons. The van der Waals surface area contributed by atoms with Gasteiger partial charge in [-0.05, 0) is 6.92 Å². The molecule has 1 aliphatic heterocycles. The molecule has 0 spiro atoms. The first-order chi connectivity index (χ1) is 8.45. The van der Waals surface area contributed by atoms with Gasteiger partial charge in [0, 0.05) is 11.8 Å². The highest BCUT2D eigenvalue weighted by Crippen LogP contribution is 2.30. The molecule has 2 unspecified atom stereocenters. The largest absolute Gasteiger partial charge is 0.394 e. The number of hydrogen-bond acceptors (Lipinski definition) is 5. The van der Waals surface area contributed by atoms with E-state index >= 15 is 0 Å². The molecule has 0 amide bonds. The molecule has 2 rings (SSSR count). The zero-order valence-electron chi connectivity index (χ0n) is 9.54. The molecule has 1 aliphatic rings. The molecule has 0 aliphatic carbocycles. The third-order valence-corrected chi connectivity index (χ3v) is 2.89. The van der Waals surface area contributed by atoms with Gasteiger partial charge in [0.15, 0.2) is 12.4 Å². The lowest BCUT2D eigenvalue weighted by atomic mass is 10.1. The molecule has 3 N–H and O–H groups in total. The number of nitrogens with zero attached hydrogens (tertiary/aromatic N) is 1. The van der Waals surface area contributed by atoms with Crippen molar-refractivity contribution in [2.75, 3.05) is 6.61 Å². The Morgan fingerprint density at radius 2 is 2.22 bits per heavy atom. The molecular weight excluding hydrogens is 247 g/mol. The lowest BCUT2D eigenvalue weighted by molar-refractivity contribution is -0.0492. The molecule has 1 fully saturated rings. The van der Waals surface area contributed by atoms with Crippen molar-refractivity contribution in [2.24, 2.45) is 0 Å². The Hall–Kier alpha value is -1.51. The zero-order chi connectivity index (χ0) is 13.4.